The van der Waals surface area contributed by atoms with E-state index in [0.717, 1.165) is 13.0 Å². The number of rotatable bonds is 3. The minimum absolute atomic E-state index is 0.0873. The Morgan fingerprint density at radius 1 is 0.943 bits per heavy atom. The first-order valence-corrected chi connectivity index (χ1v) is 8.79. The second-order valence-corrected chi connectivity index (χ2v) is 6.79. The van der Waals surface area contributed by atoms with Gasteiger partial charge in [-0.15, -0.1) is 0 Å². The molecule has 0 spiro atoms. The number of benzene rings is 1. The first-order valence-electron chi connectivity index (χ1n) is 8.79. The van der Waals surface area contributed by atoms with Crippen LogP contribution in [0.3, 0.4) is 0 Å². The Bertz CT molecular complexity index is 1410. The molecule has 0 fully saturated rings. The number of aryl methyl sites for hydroxylation is 1. The third-order valence-electron chi connectivity index (χ3n) is 4.54. The number of nitrogens with one attached hydrogen (secondary N) is 1. The number of hydrogen-bond donors (Lipinski definition) is 1. The van der Waals surface area contributed by atoms with Crippen molar-refractivity contribution in [2.45, 2.75) is 19.3 Å². The van der Waals surface area contributed by atoms with E-state index in [1.807, 2.05) is 5.10 Å². The zero-order chi connectivity index (χ0) is 26.6. The molecule has 0 saturated heterocycles. The average molecular weight is 512 g/mol. The number of pyridine rings is 1. The highest BCUT2D eigenvalue weighted by atomic mass is 19.4. The summed E-state index contributed by atoms with van der Waals surface area (Å²) in [5.74, 6) is -10.6. The Balaban J connectivity index is 2.27. The first kappa shape index (κ1) is 25.5. The summed E-state index contributed by atoms with van der Waals surface area (Å²) in [6.45, 7) is 0.869. The van der Waals surface area contributed by atoms with Crippen LogP contribution in [0.2, 0.25) is 0 Å². The summed E-state index contributed by atoms with van der Waals surface area (Å²) in [5.41, 5.74) is -12.6. The molecule has 16 heteroatoms. The van der Waals surface area contributed by atoms with E-state index < -0.39 is 86.4 Å². The number of aromatic amines is 1. The molecule has 0 radical (unpaired) electrons. The van der Waals surface area contributed by atoms with Gasteiger partial charge < -0.3 is 0 Å². The molecule has 1 N–H and O–H groups in total. The van der Waals surface area contributed by atoms with Crippen molar-refractivity contribution in [1.82, 2.24) is 14.8 Å². The fourth-order valence-electron chi connectivity index (χ4n) is 2.98. The van der Waals surface area contributed by atoms with Crippen molar-refractivity contribution in [3.05, 3.63) is 79.5 Å². The number of halogens is 10. The van der Waals surface area contributed by atoms with Gasteiger partial charge in [0.1, 0.15) is 34.3 Å². The lowest BCUT2D eigenvalue weighted by atomic mass is 10.0. The van der Waals surface area contributed by atoms with E-state index in [1.165, 1.54) is 0 Å². The van der Waals surface area contributed by atoms with Crippen LogP contribution in [0.4, 0.5) is 43.9 Å². The van der Waals surface area contributed by atoms with Crippen LogP contribution in [-0.2, 0) is 12.4 Å². The SMILES string of the molecule is Cc1[nH]n(-c2c(F)c(F)c(C#N)c(F)c2F)c(=O)c1C(=O)c1cc(C(F)(F)F)nc(C(F)(F)F)c1. The molecule has 0 saturated carbocycles. The summed E-state index contributed by atoms with van der Waals surface area (Å²) >= 11 is 0. The highest BCUT2D eigenvalue weighted by molar-refractivity contribution is 6.09. The normalized spacial score (nSPS) is 12.1. The van der Waals surface area contributed by atoms with Gasteiger partial charge in [-0.3, -0.25) is 14.7 Å². The van der Waals surface area contributed by atoms with E-state index in [0.29, 0.717) is 0 Å². The molecule has 6 nitrogen and oxygen atoms in total. The molecule has 3 aromatic rings. The van der Waals surface area contributed by atoms with Crippen molar-refractivity contribution in [2.75, 3.05) is 0 Å². The van der Waals surface area contributed by atoms with Gasteiger partial charge in [0.2, 0.25) is 5.78 Å². The average Bonchev–Trinajstić information content (AvgIpc) is 3.04. The molecule has 2 aromatic heterocycles. The second kappa shape index (κ2) is 8.25. The summed E-state index contributed by atoms with van der Waals surface area (Å²) in [6, 6.07) is 0.684. The van der Waals surface area contributed by atoms with Gasteiger partial charge in [-0.2, -0.15) is 31.6 Å². The van der Waals surface area contributed by atoms with Gasteiger partial charge in [0.15, 0.2) is 23.3 Å². The number of alkyl halides is 6. The Hall–Kier alpha value is -4.16. The molecule has 35 heavy (non-hydrogen) atoms. The van der Waals surface area contributed by atoms with Crippen LogP contribution in [0.15, 0.2) is 16.9 Å². The fraction of sp³-hybridized carbons (Fsp3) is 0.158. The largest absolute Gasteiger partial charge is 0.433 e. The lowest BCUT2D eigenvalue weighted by Crippen LogP contribution is -2.24. The maximum Gasteiger partial charge on any atom is 0.433 e. The molecular formula is C19H6F10N4O2. The van der Waals surface area contributed by atoms with Crippen molar-refractivity contribution < 1.29 is 48.7 Å². The molecule has 0 amide bonds. The smallest absolute Gasteiger partial charge is 0.294 e. The van der Waals surface area contributed by atoms with Crippen LogP contribution < -0.4 is 5.56 Å². The number of nitrogens with zero attached hydrogens (tertiary/aromatic N) is 3. The van der Waals surface area contributed by atoms with Gasteiger partial charge in [0, 0.05) is 11.3 Å². The molecule has 3 rings (SSSR count). The second-order valence-electron chi connectivity index (χ2n) is 6.79. The van der Waals surface area contributed by atoms with E-state index >= 15 is 0 Å². The lowest BCUT2D eigenvalue weighted by molar-refractivity contribution is -0.150. The molecule has 1 aromatic carbocycles. The molecule has 0 bridgehead atoms. The predicted molar refractivity (Wildman–Crippen MR) is 93.3 cm³/mol. The number of carbonyl (C=O) groups is 1. The van der Waals surface area contributed by atoms with Crippen LogP contribution >= 0.6 is 0 Å². The first-order chi connectivity index (χ1) is 16.0. The molecule has 0 aliphatic heterocycles. The highest BCUT2D eigenvalue weighted by Gasteiger charge is 2.40. The molecule has 0 aliphatic carbocycles. The van der Waals surface area contributed by atoms with Gasteiger partial charge in [-0.25, -0.2) is 27.2 Å². The van der Waals surface area contributed by atoms with E-state index in [4.69, 9.17) is 5.26 Å². The molecule has 2 heterocycles. The fourth-order valence-corrected chi connectivity index (χ4v) is 2.98. The van der Waals surface area contributed by atoms with E-state index in [-0.39, 0.29) is 16.8 Å². The van der Waals surface area contributed by atoms with Gasteiger partial charge in [-0.05, 0) is 19.1 Å². The summed E-state index contributed by atoms with van der Waals surface area (Å²) in [5, 5.41) is 10.5. The van der Waals surface area contributed by atoms with Crippen molar-refractivity contribution in [3.63, 3.8) is 0 Å². The van der Waals surface area contributed by atoms with E-state index in [9.17, 15) is 53.5 Å². The zero-order valence-corrected chi connectivity index (χ0v) is 16.6. The van der Waals surface area contributed by atoms with Crippen LogP contribution in [0, 0.1) is 41.5 Å². The number of hydrogen-bond acceptors (Lipinski definition) is 4. The lowest BCUT2D eigenvalue weighted by Gasteiger charge is -2.12. The Labute approximate surface area is 186 Å². The molecule has 0 aliphatic rings. The summed E-state index contributed by atoms with van der Waals surface area (Å²) in [7, 11) is 0. The van der Waals surface area contributed by atoms with Gasteiger partial charge in [-0.1, -0.05) is 0 Å². The van der Waals surface area contributed by atoms with Crippen LogP contribution in [-0.4, -0.2) is 20.5 Å². The van der Waals surface area contributed by atoms with Crippen LogP contribution in [0.25, 0.3) is 5.69 Å². The number of nitriles is 1. The van der Waals surface area contributed by atoms with Crippen molar-refractivity contribution in [2.24, 2.45) is 0 Å². The van der Waals surface area contributed by atoms with E-state index in [2.05, 4.69) is 4.98 Å². The minimum atomic E-state index is -5.44. The summed E-state index contributed by atoms with van der Waals surface area (Å²) < 4.78 is 134. The number of H-pyrrole nitrogens is 1. The third kappa shape index (κ3) is 4.24. The standard InChI is InChI=1S/C19H6F10N4O2/c1-5-10(16(34)6-2-8(18(24,25)26)31-9(3-6)19(27,28)29)17(35)33(32-5)15-13(22)11(20)7(4-30)12(21)14(15)23/h2-3,32H,1H3. The topological polar surface area (TPSA) is 91.5 Å². The van der Waals surface area contributed by atoms with Gasteiger partial charge in [0.25, 0.3) is 5.56 Å². The Morgan fingerprint density at radius 3 is 1.80 bits per heavy atom. The third-order valence-corrected chi connectivity index (χ3v) is 4.54. The van der Waals surface area contributed by atoms with Crippen LogP contribution in [0.1, 0.15) is 38.6 Å². The molecular weight excluding hydrogens is 506 g/mol. The highest BCUT2D eigenvalue weighted by Crippen LogP contribution is 2.34. The molecule has 0 atom stereocenters. The molecule has 0 unspecified atom stereocenters. The van der Waals surface area contributed by atoms with Crippen molar-refractivity contribution in [3.8, 4) is 11.8 Å². The number of aromatic nitrogens is 3. The quantitative estimate of drug-likeness (QED) is 0.317. The minimum Gasteiger partial charge on any atom is -0.294 e. The monoisotopic (exact) mass is 512 g/mol. The zero-order valence-electron chi connectivity index (χ0n) is 16.6. The van der Waals surface area contributed by atoms with Crippen molar-refractivity contribution in [1.29, 1.82) is 5.26 Å². The predicted octanol–water partition coefficient (Wildman–Crippen LogP) is 4.57. The van der Waals surface area contributed by atoms with Gasteiger partial charge >= 0.3 is 12.4 Å². The maximum absolute atomic E-state index is 14.3. The van der Waals surface area contributed by atoms with E-state index in [1.54, 1.807) is 0 Å². The Kier molecular flexibility index (Phi) is 6.00. The maximum atomic E-state index is 14.3. The Morgan fingerprint density at radius 2 is 1.40 bits per heavy atom. The summed E-state index contributed by atoms with van der Waals surface area (Å²) in [6.07, 6.45) is -10.9. The number of carbonyl (C=O) groups excluding carboxylic acids is 1. The van der Waals surface area contributed by atoms with Crippen LogP contribution in [0.5, 0.6) is 0 Å². The number of ketones is 1. The summed E-state index contributed by atoms with van der Waals surface area (Å²) in [4.78, 5) is 27.8. The van der Waals surface area contributed by atoms with Gasteiger partial charge in [0.05, 0.1) is 0 Å². The molecule has 184 valence electrons. The van der Waals surface area contributed by atoms with Crippen molar-refractivity contribution >= 4 is 5.78 Å².